The van der Waals surface area contributed by atoms with Crippen LogP contribution in [0.1, 0.15) is 38.1 Å². The molecule has 4 rings (SSSR count). The van der Waals surface area contributed by atoms with Gasteiger partial charge in [0.05, 0.1) is 18.5 Å². The van der Waals surface area contributed by atoms with Gasteiger partial charge in [-0.25, -0.2) is 0 Å². The Balaban J connectivity index is 1.59. The van der Waals surface area contributed by atoms with Crippen LogP contribution in [-0.4, -0.2) is 18.8 Å². The number of hydrogen-bond donors (Lipinski definition) is 2. The van der Waals surface area contributed by atoms with Crippen LogP contribution in [0.15, 0.2) is 89.1 Å². The average Bonchev–Trinajstić information content (AvgIpc) is 3.20. The van der Waals surface area contributed by atoms with E-state index in [1.54, 1.807) is 31.4 Å². The molecule has 2 N–H and O–H groups in total. The van der Waals surface area contributed by atoms with Crippen LogP contribution in [0.5, 0.6) is 5.75 Å². The van der Waals surface area contributed by atoms with Crippen molar-refractivity contribution in [3.8, 4) is 5.75 Å². The molecule has 0 aliphatic carbocycles. The first-order chi connectivity index (χ1) is 17.4. The second-order valence-corrected chi connectivity index (χ2v) is 9.08. The van der Waals surface area contributed by atoms with Gasteiger partial charge in [0.2, 0.25) is 0 Å². The Kier molecular flexibility index (Phi) is 7.87. The zero-order valence-electron chi connectivity index (χ0n) is 20.2. The fourth-order valence-electron chi connectivity index (χ4n) is 3.47. The largest absolute Gasteiger partial charge is 0.497 e. The van der Waals surface area contributed by atoms with Crippen LogP contribution in [0.25, 0.3) is 0 Å². The van der Waals surface area contributed by atoms with Crippen LogP contribution in [0.3, 0.4) is 0 Å². The summed E-state index contributed by atoms with van der Waals surface area (Å²) in [5.74, 6) is 0.509. The van der Waals surface area contributed by atoms with E-state index < -0.39 is 0 Å². The van der Waals surface area contributed by atoms with Crippen molar-refractivity contribution in [1.82, 2.24) is 0 Å². The summed E-state index contributed by atoms with van der Waals surface area (Å²) in [7, 11) is 1.63. The number of ketones is 1. The van der Waals surface area contributed by atoms with E-state index in [0.717, 1.165) is 27.6 Å². The minimum atomic E-state index is -0.249. The Morgan fingerprint density at radius 2 is 1.61 bits per heavy atom. The number of hydrogen-bond acceptors (Lipinski definition) is 7. The van der Waals surface area contributed by atoms with Crippen LogP contribution in [-0.2, 0) is 6.54 Å². The van der Waals surface area contributed by atoms with E-state index in [1.165, 1.54) is 18.3 Å². The molecule has 0 unspecified atom stereocenters. The molecule has 0 atom stereocenters. The highest BCUT2D eigenvalue weighted by Crippen LogP contribution is 2.42. The molecule has 8 heteroatoms. The molecule has 1 heterocycles. The second-order valence-electron chi connectivity index (χ2n) is 8.06. The SMILES string of the molecule is COc1ccc(CN=Nc2c(Nc3ccccc3)sc(C(=O)Nc3ccc(C(C)=O)cc3)c2C)cc1. The molecule has 0 fully saturated rings. The van der Waals surface area contributed by atoms with Gasteiger partial charge in [-0.2, -0.15) is 10.2 Å². The molecule has 0 bridgehead atoms. The Hall–Kier alpha value is -4.30. The van der Waals surface area contributed by atoms with Crippen molar-refractivity contribution in [3.05, 3.63) is 100 Å². The van der Waals surface area contributed by atoms with E-state index >= 15 is 0 Å². The summed E-state index contributed by atoms with van der Waals surface area (Å²) in [6, 6.07) is 24.2. The van der Waals surface area contributed by atoms with Gasteiger partial charge in [-0.3, -0.25) is 9.59 Å². The molecule has 182 valence electrons. The first-order valence-corrected chi connectivity index (χ1v) is 12.1. The van der Waals surface area contributed by atoms with Crippen LogP contribution < -0.4 is 15.4 Å². The van der Waals surface area contributed by atoms with Gasteiger partial charge < -0.3 is 15.4 Å². The number of azo groups is 1. The van der Waals surface area contributed by atoms with Crippen molar-refractivity contribution in [3.63, 3.8) is 0 Å². The molecule has 0 aliphatic heterocycles. The zero-order valence-corrected chi connectivity index (χ0v) is 21.1. The van der Waals surface area contributed by atoms with E-state index in [1.807, 2.05) is 61.5 Å². The van der Waals surface area contributed by atoms with E-state index in [-0.39, 0.29) is 11.7 Å². The number of rotatable bonds is 9. The second kappa shape index (κ2) is 11.4. The Morgan fingerprint density at radius 1 is 0.917 bits per heavy atom. The number of nitrogens with one attached hydrogen (secondary N) is 2. The molecule has 0 spiro atoms. The summed E-state index contributed by atoms with van der Waals surface area (Å²) < 4.78 is 5.20. The van der Waals surface area contributed by atoms with Gasteiger partial charge in [0.25, 0.3) is 5.91 Å². The zero-order chi connectivity index (χ0) is 25.5. The van der Waals surface area contributed by atoms with Gasteiger partial charge >= 0.3 is 0 Å². The molecule has 0 radical (unpaired) electrons. The van der Waals surface area contributed by atoms with Crippen molar-refractivity contribution >= 4 is 45.1 Å². The van der Waals surface area contributed by atoms with Gasteiger partial charge in [-0.15, -0.1) is 11.3 Å². The lowest BCUT2D eigenvalue weighted by molar-refractivity contribution is 0.101. The molecule has 0 saturated heterocycles. The van der Waals surface area contributed by atoms with Gasteiger partial charge in [0.1, 0.15) is 16.4 Å². The van der Waals surface area contributed by atoms with Gasteiger partial charge in [0.15, 0.2) is 5.78 Å². The summed E-state index contributed by atoms with van der Waals surface area (Å²) in [5, 5.41) is 15.9. The molecule has 7 nitrogen and oxygen atoms in total. The molecule has 1 aromatic heterocycles. The maximum Gasteiger partial charge on any atom is 0.266 e. The van der Waals surface area contributed by atoms with Gasteiger partial charge in [0, 0.05) is 22.5 Å². The molecule has 0 saturated carbocycles. The predicted octanol–water partition coefficient (Wildman–Crippen LogP) is 7.55. The van der Waals surface area contributed by atoms with Crippen LogP contribution >= 0.6 is 11.3 Å². The van der Waals surface area contributed by atoms with Crippen molar-refractivity contribution in [2.45, 2.75) is 20.4 Å². The number of carbonyl (C=O) groups excluding carboxylic acids is 2. The monoisotopic (exact) mass is 498 g/mol. The highest BCUT2D eigenvalue weighted by atomic mass is 32.1. The van der Waals surface area contributed by atoms with E-state index in [9.17, 15) is 9.59 Å². The van der Waals surface area contributed by atoms with Crippen molar-refractivity contribution < 1.29 is 14.3 Å². The number of Topliss-reactive ketones (excluding diaryl/α,β-unsaturated/α-hetero) is 1. The Morgan fingerprint density at radius 3 is 2.25 bits per heavy atom. The average molecular weight is 499 g/mol. The van der Waals surface area contributed by atoms with E-state index in [2.05, 4.69) is 20.9 Å². The molecule has 1 amide bonds. The minimum absolute atomic E-state index is 0.0248. The van der Waals surface area contributed by atoms with Crippen molar-refractivity contribution in [1.29, 1.82) is 0 Å². The third-order valence-electron chi connectivity index (χ3n) is 5.49. The number of benzene rings is 3. The van der Waals surface area contributed by atoms with E-state index in [4.69, 9.17) is 4.74 Å². The highest BCUT2D eigenvalue weighted by molar-refractivity contribution is 7.19. The predicted molar refractivity (Wildman–Crippen MR) is 144 cm³/mol. The maximum atomic E-state index is 13.1. The third kappa shape index (κ3) is 6.03. The normalized spacial score (nSPS) is 10.9. The number of carbonyl (C=O) groups is 2. The number of nitrogens with zero attached hydrogens (tertiary/aromatic N) is 2. The van der Waals surface area contributed by atoms with Gasteiger partial charge in [-0.05, 0) is 67.9 Å². The number of anilines is 3. The maximum absolute atomic E-state index is 13.1. The number of thiophene rings is 1. The summed E-state index contributed by atoms with van der Waals surface area (Å²) >= 11 is 1.32. The molecule has 3 aromatic carbocycles. The Labute approximate surface area is 213 Å². The fraction of sp³-hybridized carbons (Fsp3) is 0.143. The fourth-order valence-corrected chi connectivity index (χ4v) is 4.53. The molecule has 4 aromatic rings. The Bertz CT molecular complexity index is 1380. The lowest BCUT2D eigenvalue weighted by Crippen LogP contribution is -2.11. The quantitative estimate of drug-likeness (QED) is 0.184. The first kappa shape index (κ1) is 24.8. The summed E-state index contributed by atoms with van der Waals surface area (Å²) in [6.07, 6.45) is 0. The topological polar surface area (TPSA) is 92.2 Å². The standard InChI is InChI=1S/C28H26N4O3S/c1-18-25(32-29-17-20-9-15-24(35-3)16-10-20)28(31-22-7-5-4-6-8-22)36-26(18)27(34)30-23-13-11-21(12-14-23)19(2)33/h4-16,31H,17H2,1-3H3,(H,30,34). The highest BCUT2D eigenvalue weighted by Gasteiger charge is 2.21. The number of ether oxygens (including phenoxy) is 1. The van der Waals surface area contributed by atoms with Crippen LogP contribution in [0, 0.1) is 6.92 Å². The lowest BCUT2D eigenvalue weighted by Gasteiger charge is -2.05. The number of methoxy groups -OCH3 is 1. The van der Waals surface area contributed by atoms with Gasteiger partial charge in [-0.1, -0.05) is 30.3 Å². The molecular formula is C28H26N4O3S. The molecule has 0 aliphatic rings. The van der Waals surface area contributed by atoms with Crippen molar-refractivity contribution in [2.24, 2.45) is 10.2 Å². The first-order valence-electron chi connectivity index (χ1n) is 11.3. The van der Waals surface area contributed by atoms with Crippen molar-refractivity contribution in [2.75, 3.05) is 17.7 Å². The number of amides is 1. The minimum Gasteiger partial charge on any atom is -0.497 e. The summed E-state index contributed by atoms with van der Waals surface area (Å²) in [5.41, 5.74) is 4.44. The summed E-state index contributed by atoms with van der Waals surface area (Å²) in [6.45, 7) is 3.77. The molecule has 36 heavy (non-hydrogen) atoms. The smallest absolute Gasteiger partial charge is 0.266 e. The van der Waals surface area contributed by atoms with Crippen LogP contribution in [0.4, 0.5) is 22.1 Å². The van der Waals surface area contributed by atoms with E-state index in [0.29, 0.717) is 28.4 Å². The van der Waals surface area contributed by atoms with Crippen LogP contribution in [0.2, 0.25) is 0 Å². The third-order valence-corrected chi connectivity index (χ3v) is 6.68. The number of para-hydroxylation sites is 1. The molecular weight excluding hydrogens is 472 g/mol. The lowest BCUT2D eigenvalue weighted by atomic mass is 10.1. The summed E-state index contributed by atoms with van der Waals surface area (Å²) in [4.78, 5) is 25.2.